The van der Waals surface area contributed by atoms with Gasteiger partial charge in [0.15, 0.2) is 17.2 Å². The first-order valence-electron chi connectivity index (χ1n) is 8.12. The van der Waals surface area contributed by atoms with Gasteiger partial charge in [-0.3, -0.25) is 14.9 Å². The number of aliphatic imine (C=N–C) groups is 1. The van der Waals surface area contributed by atoms with Crippen molar-refractivity contribution in [1.29, 1.82) is 0 Å². The highest BCUT2D eigenvalue weighted by molar-refractivity contribution is 9.10. The summed E-state index contributed by atoms with van der Waals surface area (Å²) >= 11 is 3.31. The maximum Gasteiger partial charge on any atom is 0.363 e. The Labute approximate surface area is 172 Å². The Balaban J connectivity index is 1.93. The molecule has 0 spiro atoms. The van der Waals surface area contributed by atoms with Crippen molar-refractivity contribution in [2.75, 3.05) is 7.11 Å². The van der Waals surface area contributed by atoms with Gasteiger partial charge in [0.25, 0.3) is 5.69 Å². The number of ether oxygens (including phenoxy) is 3. The van der Waals surface area contributed by atoms with E-state index < -0.39 is 16.9 Å². The van der Waals surface area contributed by atoms with Gasteiger partial charge in [-0.15, -0.1) is 0 Å². The second kappa shape index (κ2) is 8.23. The smallest absolute Gasteiger partial charge is 0.363 e. The number of hydrogen-bond acceptors (Lipinski definition) is 8. The van der Waals surface area contributed by atoms with Crippen LogP contribution in [0, 0.1) is 10.1 Å². The first kappa shape index (κ1) is 20.2. The predicted molar refractivity (Wildman–Crippen MR) is 106 cm³/mol. The molecule has 0 fully saturated rings. The predicted octanol–water partition coefficient (Wildman–Crippen LogP) is 3.64. The Kier molecular flexibility index (Phi) is 5.74. The van der Waals surface area contributed by atoms with Gasteiger partial charge in [-0.1, -0.05) is 0 Å². The summed E-state index contributed by atoms with van der Waals surface area (Å²) in [6.45, 7) is 1.27. The summed E-state index contributed by atoms with van der Waals surface area (Å²) in [4.78, 5) is 37.8. The van der Waals surface area contributed by atoms with Crippen molar-refractivity contribution in [2.24, 2.45) is 4.99 Å². The van der Waals surface area contributed by atoms with Crippen molar-refractivity contribution in [1.82, 2.24) is 0 Å². The number of nitro groups is 1. The van der Waals surface area contributed by atoms with Gasteiger partial charge in [-0.25, -0.2) is 9.79 Å². The second-order valence-electron chi connectivity index (χ2n) is 5.77. The fourth-order valence-electron chi connectivity index (χ4n) is 2.48. The first-order valence-corrected chi connectivity index (χ1v) is 8.91. The number of carbonyl (C=O) groups excluding carboxylic acids is 2. The highest BCUT2D eigenvalue weighted by Crippen LogP contribution is 2.37. The van der Waals surface area contributed by atoms with Crippen molar-refractivity contribution < 1.29 is 28.7 Å². The lowest BCUT2D eigenvalue weighted by Gasteiger charge is -2.11. The van der Waals surface area contributed by atoms with Gasteiger partial charge in [0.05, 0.1) is 16.5 Å². The van der Waals surface area contributed by atoms with Crippen LogP contribution in [-0.4, -0.2) is 29.9 Å². The Morgan fingerprint density at radius 3 is 2.55 bits per heavy atom. The fraction of sp³-hybridized carbons (Fsp3) is 0.105. The van der Waals surface area contributed by atoms with E-state index in [1.165, 1.54) is 44.4 Å². The van der Waals surface area contributed by atoms with Gasteiger partial charge in [0.1, 0.15) is 0 Å². The highest BCUT2D eigenvalue weighted by atomic mass is 79.9. The molecular weight excluding hydrogens is 448 g/mol. The van der Waals surface area contributed by atoms with Gasteiger partial charge in [0, 0.05) is 24.6 Å². The summed E-state index contributed by atoms with van der Waals surface area (Å²) in [5.74, 6) is -0.637. The monoisotopic (exact) mass is 460 g/mol. The third kappa shape index (κ3) is 4.49. The second-order valence-corrected chi connectivity index (χ2v) is 6.62. The number of benzene rings is 2. The van der Waals surface area contributed by atoms with Crippen LogP contribution >= 0.6 is 15.9 Å². The molecule has 0 unspecified atom stereocenters. The summed E-state index contributed by atoms with van der Waals surface area (Å²) < 4.78 is 16.0. The molecule has 2 aromatic carbocycles. The zero-order chi connectivity index (χ0) is 21.1. The number of rotatable bonds is 5. The number of nitrogens with zero attached hydrogens (tertiary/aromatic N) is 2. The minimum absolute atomic E-state index is 0.0348. The normalized spacial score (nSPS) is 14.4. The van der Waals surface area contributed by atoms with Gasteiger partial charge in [-0.2, -0.15) is 0 Å². The number of cyclic esters (lactones) is 1. The minimum Gasteiger partial charge on any atom is -0.493 e. The molecule has 9 nitrogen and oxygen atoms in total. The molecule has 10 heteroatoms. The first-order chi connectivity index (χ1) is 13.8. The van der Waals surface area contributed by atoms with E-state index in [2.05, 4.69) is 20.9 Å². The highest BCUT2D eigenvalue weighted by Gasteiger charge is 2.25. The molecule has 2 aromatic rings. The molecule has 148 valence electrons. The number of esters is 2. The largest absolute Gasteiger partial charge is 0.493 e. The summed E-state index contributed by atoms with van der Waals surface area (Å²) in [5.41, 5.74) is 0.924. The van der Waals surface area contributed by atoms with E-state index in [0.29, 0.717) is 15.6 Å². The van der Waals surface area contributed by atoms with Crippen molar-refractivity contribution in [3.8, 4) is 11.5 Å². The van der Waals surface area contributed by atoms with Crippen LogP contribution in [0.4, 0.5) is 5.69 Å². The summed E-state index contributed by atoms with van der Waals surface area (Å²) in [6, 6.07) is 8.68. The van der Waals surface area contributed by atoms with Crippen molar-refractivity contribution >= 4 is 45.5 Å². The van der Waals surface area contributed by atoms with Gasteiger partial charge in [-0.05, 0) is 51.8 Å². The third-order valence-corrected chi connectivity index (χ3v) is 4.34. The molecule has 0 saturated heterocycles. The number of halogens is 1. The van der Waals surface area contributed by atoms with Crippen molar-refractivity contribution in [2.45, 2.75) is 6.92 Å². The molecule has 1 heterocycles. The molecule has 0 atom stereocenters. The van der Waals surface area contributed by atoms with Crippen LogP contribution in [0.2, 0.25) is 0 Å². The van der Waals surface area contributed by atoms with E-state index >= 15 is 0 Å². The Morgan fingerprint density at radius 1 is 1.28 bits per heavy atom. The maximum atomic E-state index is 12.2. The van der Waals surface area contributed by atoms with Crippen LogP contribution in [0.15, 0.2) is 51.6 Å². The number of hydrogen-bond donors (Lipinski definition) is 0. The van der Waals surface area contributed by atoms with Crippen LogP contribution in [0.3, 0.4) is 0 Å². The fourth-order valence-corrected chi connectivity index (χ4v) is 3.02. The van der Waals surface area contributed by atoms with Crippen molar-refractivity contribution in [3.05, 3.63) is 67.8 Å². The van der Waals surface area contributed by atoms with E-state index in [-0.39, 0.29) is 28.8 Å². The quantitative estimate of drug-likeness (QED) is 0.219. The molecule has 0 amide bonds. The summed E-state index contributed by atoms with van der Waals surface area (Å²) in [7, 11) is 1.42. The van der Waals surface area contributed by atoms with E-state index in [0.717, 1.165) is 0 Å². The number of methoxy groups -OCH3 is 1. The third-order valence-electron chi connectivity index (χ3n) is 3.75. The SMILES string of the molecule is COc1cc(/C=C2/N=C(c3ccc([N+](=O)[O-])cc3)OC2=O)cc(Br)c1OC(C)=O. The van der Waals surface area contributed by atoms with Crippen LogP contribution in [0.1, 0.15) is 18.1 Å². The molecule has 0 saturated carbocycles. The maximum absolute atomic E-state index is 12.2. The molecule has 1 aliphatic heterocycles. The molecule has 3 rings (SSSR count). The van der Waals surface area contributed by atoms with Crippen LogP contribution < -0.4 is 9.47 Å². The average molecular weight is 461 g/mol. The lowest BCUT2D eigenvalue weighted by Crippen LogP contribution is -2.05. The molecule has 0 bridgehead atoms. The standard InChI is InChI=1S/C19H13BrN2O7/c1-10(23)28-17-14(20)7-11(9-16(17)27-2)8-15-19(24)29-18(21-15)12-3-5-13(6-4-12)22(25)26/h3-9H,1-2H3/b15-8+. The van der Waals surface area contributed by atoms with E-state index in [1.54, 1.807) is 12.1 Å². The van der Waals surface area contributed by atoms with Crippen molar-refractivity contribution in [3.63, 3.8) is 0 Å². The van der Waals surface area contributed by atoms with Gasteiger partial charge >= 0.3 is 11.9 Å². The van der Waals surface area contributed by atoms with Gasteiger partial charge in [0.2, 0.25) is 5.90 Å². The zero-order valence-electron chi connectivity index (χ0n) is 15.2. The van der Waals surface area contributed by atoms with E-state index in [4.69, 9.17) is 14.2 Å². The lowest BCUT2D eigenvalue weighted by molar-refractivity contribution is -0.384. The van der Waals surface area contributed by atoms with Crippen LogP contribution in [0.25, 0.3) is 6.08 Å². The zero-order valence-corrected chi connectivity index (χ0v) is 16.8. The topological polar surface area (TPSA) is 117 Å². The molecular formula is C19H13BrN2O7. The van der Waals surface area contributed by atoms with E-state index in [1.807, 2.05) is 0 Å². The van der Waals surface area contributed by atoms with Crippen LogP contribution in [0.5, 0.6) is 11.5 Å². The molecule has 29 heavy (non-hydrogen) atoms. The number of nitro benzene ring substituents is 1. The lowest BCUT2D eigenvalue weighted by atomic mass is 10.1. The molecule has 0 N–H and O–H groups in total. The Morgan fingerprint density at radius 2 is 1.97 bits per heavy atom. The number of non-ortho nitro benzene ring substituents is 1. The number of carbonyl (C=O) groups is 2. The molecule has 1 aliphatic rings. The molecule has 0 radical (unpaired) electrons. The minimum atomic E-state index is -0.669. The summed E-state index contributed by atoms with van der Waals surface area (Å²) in [6.07, 6.45) is 1.48. The van der Waals surface area contributed by atoms with Gasteiger partial charge < -0.3 is 14.2 Å². The Bertz CT molecular complexity index is 1070. The van der Waals surface area contributed by atoms with E-state index in [9.17, 15) is 19.7 Å². The molecule has 0 aliphatic carbocycles. The average Bonchev–Trinajstić information content (AvgIpc) is 3.04. The molecule has 0 aromatic heterocycles. The Hall–Kier alpha value is -3.53. The summed E-state index contributed by atoms with van der Waals surface area (Å²) in [5, 5.41) is 10.7. The van der Waals surface area contributed by atoms with Crippen LogP contribution in [-0.2, 0) is 14.3 Å².